The van der Waals surface area contributed by atoms with Crippen LogP contribution in [0.2, 0.25) is 0 Å². The van der Waals surface area contributed by atoms with E-state index < -0.39 is 5.82 Å². The Morgan fingerprint density at radius 1 is 1.50 bits per heavy atom. The highest BCUT2D eigenvalue weighted by Gasteiger charge is 2.03. The molecule has 0 atom stereocenters. The van der Waals surface area contributed by atoms with Crippen molar-refractivity contribution in [3.63, 3.8) is 0 Å². The Hall–Kier alpha value is -1.96. The maximum absolute atomic E-state index is 12.5. The van der Waals surface area contributed by atoms with E-state index in [1.54, 1.807) is 0 Å². The molecule has 0 bridgehead atoms. The molecular formula is C7H3FN4. The van der Waals surface area contributed by atoms with Crippen LogP contribution in [0.3, 0.4) is 0 Å². The van der Waals surface area contributed by atoms with Crippen molar-refractivity contribution in [2.45, 2.75) is 0 Å². The summed E-state index contributed by atoms with van der Waals surface area (Å²) >= 11 is 0. The standard InChI is InChI=1S/C7H3FN4/c8-6-3-10-7-5(1-9)2-11-12(7)4-6/h2-4H. The van der Waals surface area contributed by atoms with E-state index in [9.17, 15) is 4.39 Å². The fourth-order valence-corrected chi connectivity index (χ4v) is 0.931. The topological polar surface area (TPSA) is 54.0 Å². The van der Waals surface area contributed by atoms with Crippen LogP contribution in [-0.2, 0) is 0 Å². The second-order valence-corrected chi connectivity index (χ2v) is 2.21. The highest BCUT2D eigenvalue weighted by Crippen LogP contribution is 2.05. The number of hydrogen-bond donors (Lipinski definition) is 0. The third-order valence-electron chi connectivity index (χ3n) is 1.45. The second-order valence-electron chi connectivity index (χ2n) is 2.21. The minimum absolute atomic E-state index is 0.343. The molecule has 2 aromatic heterocycles. The molecule has 58 valence electrons. The lowest BCUT2D eigenvalue weighted by Gasteiger charge is -1.90. The van der Waals surface area contributed by atoms with E-state index in [0.29, 0.717) is 11.2 Å². The van der Waals surface area contributed by atoms with Crippen molar-refractivity contribution in [3.05, 3.63) is 30.0 Å². The lowest BCUT2D eigenvalue weighted by Crippen LogP contribution is -1.91. The average molecular weight is 162 g/mol. The molecule has 2 aromatic rings. The first-order valence-electron chi connectivity index (χ1n) is 3.20. The molecule has 0 aliphatic rings. The van der Waals surface area contributed by atoms with Crippen LogP contribution >= 0.6 is 0 Å². The lowest BCUT2D eigenvalue weighted by molar-refractivity contribution is 0.607. The molecule has 0 aliphatic heterocycles. The molecule has 2 rings (SSSR count). The minimum atomic E-state index is -0.477. The maximum Gasteiger partial charge on any atom is 0.173 e. The van der Waals surface area contributed by atoms with Crippen molar-refractivity contribution in [1.82, 2.24) is 14.6 Å². The number of fused-ring (bicyclic) bond motifs is 1. The van der Waals surface area contributed by atoms with Gasteiger partial charge in [-0.05, 0) is 0 Å². The maximum atomic E-state index is 12.5. The molecule has 0 fully saturated rings. The van der Waals surface area contributed by atoms with Crippen LogP contribution in [0, 0.1) is 17.1 Å². The van der Waals surface area contributed by atoms with Gasteiger partial charge in [0.05, 0.1) is 18.6 Å². The number of nitrogens with zero attached hydrogens (tertiary/aromatic N) is 4. The summed E-state index contributed by atoms with van der Waals surface area (Å²) in [4.78, 5) is 3.71. The van der Waals surface area contributed by atoms with Crippen LogP contribution in [-0.4, -0.2) is 14.6 Å². The van der Waals surface area contributed by atoms with Gasteiger partial charge >= 0.3 is 0 Å². The molecule has 0 radical (unpaired) electrons. The monoisotopic (exact) mass is 162 g/mol. The summed E-state index contributed by atoms with van der Waals surface area (Å²) in [6.07, 6.45) is 3.57. The lowest BCUT2D eigenvalue weighted by atomic mass is 10.4. The van der Waals surface area contributed by atoms with Gasteiger partial charge in [-0.25, -0.2) is 13.9 Å². The minimum Gasteiger partial charge on any atom is -0.233 e. The van der Waals surface area contributed by atoms with Crippen molar-refractivity contribution >= 4 is 5.65 Å². The van der Waals surface area contributed by atoms with Crippen molar-refractivity contribution in [3.8, 4) is 6.07 Å². The molecule has 0 aromatic carbocycles. The van der Waals surface area contributed by atoms with Crippen LogP contribution in [0.4, 0.5) is 4.39 Å². The number of rotatable bonds is 0. The van der Waals surface area contributed by atoms with E-state index in [-0.39, 0.29) is 0 Å². The zero-order chi connectivity index (χ0) is 8.55. The quantitative estimate of drug-likeness (QED) is 0.574. The van der Waals surface area contributed by atoms with Crippen LogP contribution in [0.15, 0.2) is 18.6 Å². The van der Waals surface area contributed by atoms with Gasteiger partial charge in [0.15, 0.2) is 11.5 Å². The molecule has 12 heavy (non-hydrogen) atoms. The fourth-order valence-electron chi connectivity index (χ4n) is 0.931. The van der Waals surface area contributed by atoms with E-state index in [1.807, 2.05) is 6.07 Å². The molecule has 0 saturated heterocycles. The predicted octanol–water partition coefficient (Wildman–Crippen LogP) is 0.740. The summed E-state index contributed by atoms with van der Waals surface area (Å²) in [5.74, 6) is -0.477. The van der Waals surface area contributed by atoms with Crippen LogP contribution in [0.1, 0.15) is 5.56 Å². The zero-order valence-corrected chi connectivity index (χ0v) is 5.90. The Bertz CT molecular complexity index is 468. The molecule has 0 aliphatic carbocycles. The van der Waals surface area contributed by atoms with Gasteiger partial charge in [-0.15, -0.1) is 0 Å². The zero-order valence-electron chi connectivity index (χ0n) is 5.90. The Labute approximate surface area is 66.9 Å². The molecule has 0 saturated carbocycles. The molecular weight excluding hydrogens is 159 g/mol. The van der Waals surface area contributed by atoms with Crippen molar-refractivity contribution < 1.29 is 4.39 Å². The number of halogens is 1. The van der Waals surface area contributed by atoms with Gasteiger partial charge in [0.25, 0.3) is 0 Å². The Morgan fingerprint density at radius 3 is 3.08 bits per heavy atom. The van der Waals surface area contributed by atoms with Crippen LogP contribution in [0.25, 0.3) is 5.65 Å². The second kappa shape index (κ2) is 2.27. The van der Waals surface area contributed by atoms with Gasteiger partial charge in [-0.1, -0.05) is 0 Å². The molecule has 5 heteroatoms. The van der Waals surface area contributed by atoms with Gasteiger partial charge in [-0.3, -0.25) is 0 Å². The van der Waals surface area contributed by atoms with Gasteiger partial charge in [0, 0.05) is 0 Å². The number of aromatic nitrogens is 3. The number of hydrogen-bond acceptors (Lipinski definition) is 3. The normalized spacial score (nSPS) is 10.0. The van der Waals surface area contributed by atoms with Gasteiger partial charge < -0.3 is 0 Å². The molecule has 0 spiro atoms. The van der Waals surface area contributed by atoms with Crippen LogP contribution in [0.5, 0.6) is 0 Å². The highest BCUT2D eigenvalue weighted by atomic mass is 19.1. The Kier molecular flexibility index (Phi) is 1.27. The fraction of sp³-hybridized carbons (Fsp3) is 0. The van der Waals surface area contributed by atoms with E-state index in [0.717, 1.165) is 6.20 Å². The third-order valence-corrected chi connectivity index (χ3v) is 1.45. The highest BCUT2D eigenvalue weighted by molar-refractivity contribution is 5.52. The predicted molar refractivity (Wildman–Crippen MR) is 37.7 cm³/mol. The van der Waals surface area contributed by atoms with Crippen molar-refractivity contribution in [2.75, 3.05) is 0 Å². The van der Waals surface area contributed by atoms with Gasteiger partial charge in [0.2, 0.25) is 0 Å². The SMILES string of the molecule is N#Cc1cnn2cc(F)cnc12. The van der Waals surface area contributed by atoms with Crippen molar-refractivity contribution in [2.24, 2.45) is 0 Å². The summed E-state index contributed by atoms with van der Waals surface area (Å²) in [7, 11) is 0. The first-order valence-corrected chi connectivity index (χ1v) is 3.20. The van der Waals surface area contributed by atoms with E-state index in [4.69, 9.17) is 5.26 Å². The van der Waals surface area contributed by atoms with Crippen molar-refractivity contribution in [1.29, 1.82) is 5.26 Å². The summed E-state index contributed by atoms with van der Waals surface area (Å²) in [5.41, 5.74) is 0.717. The third kappa shape index (κ3) is 0.820. The first kappa shape index (κ1) is 6.73. The Morgan fingerprint density at radius 2 is 2.33 bits per heavy atom. The largest absolute Gasteiger partial charge is 0.233 e. The summed E-state index contributed by atoms with van der Waals surface area (Å²) in [6, 6.07) is 1.90. The van der Waals surface area contributed by atoms with Crippen LogP contribution < -0.4 is 0 Å². The van der Waals surface area contributed by atoms with Gasteiger partial charge in [-0.2, -0.15) is 10.4 Å². The summed E-state index contributed by atoms with van der Waals surface area (Å²) in [5, 5.41) is 12.3. The molecule has 0 N–H and O–H groups in total. The molecule has 2 heterocycles. The Balaban J connectivity index is 2.84. The van der Waals surface area contributed by atoms with E-state index in [1.165, 1.54) is 16.9 Å². The number of nitriles is 1. The first-order chi connectivity index (χ1) is 5.81. The average Bonchev–Trinajstić information content (AvgIpc) is 2.46. The smallest absolute Gasteiger partial charge is 0.173 e. The summed E-state index contributed by atoms with van der Waals surface area (Å²) < 4.78 is 13.8. The van der Waals surface area contributed by atoms with Gasteiger partial charge in [0.1, 0.15) is 11.6 Å². The van der Waals surface area contributed by atoms with E-state index in [2.05, 4.69) is 10.1 Å². The summed E-state index contributed by atoms with van der Waals surface area (Å²) in [6.45, 7) is 0. The molecule has 4 nitrogen and oxygen atoms in total. The molecule has 0 amide bonds. The molecule has 0 unspecified atom stereocenters. The van der Waals surface area contributed by atoms with E-state index >= 15 is 0 Å².